The lowest BCUT2D eigenvalue weighted by molar-refractivity contribution is 0.756. The zero-order valence-corrected chi connectivity index (χ0v) is 17.9. The molecule has 160 valence electrons. The third-order valence-corrected chi connectivity index (χ3v) is 5.66. The first kappa shape index (κ1) is 19.9. The van der Waals surface area contributed by atoms with Crippen molar-refractivity contribution in [2.75, 3.05) is 0 Å². The molecule has 0 unspecified atom stereocenters. The number of aryl methyl sites for hydroxylation is 2. The van der Waals surface area contributed by atoms with Crippen molar-refractivity contribution in [2.45, 2.75) is 24.8 Å². The van der Waals surface area contributed by atoms with Crippen LogP contribution in [0.15, 0.2) is 57.2 Å². The highest BCUT2D eigenvalue weighted by Gasteiger charge is 2.16. The number of hydrogen-bond acceptors (Lipinski definition) is 8. The van der Waals surface area contributed by atoms with Crippen molar-refractivity contribution in [3.63, 3.8) is 0 Å². The minimum Gasteiger partial charge on any atom is -0.343 e. The fourth-order valence-electron chi connectivity index (χ4n) is 3.35. The maximum Gasteiger partial charge on any atom is 0.287 e. The normalized spacial score (nSPS) is 11.3. The van der Waals surface area contributed by atoms with Crippen LogP contribution in [0, 0.1) is 13.8 Å². The van der Waals surface area contributed by atoms with E-state index in [0.717, 1.165) is 17.1 Å². The van der Waals surface area contributed by atoms with E-state index in [1.54, 1.807) is 10.7 Å². The lowest BCUT2D eigenvalue weighted by Gasteiger charge is -2.04. The molecule has 0 saturated heterocycles. The quantitative estimate of drug-likeness (QED) is 0.388. The van der Waals surface area contributed by atoms with Gasteiger partial charge < -0.3 is 4.98 Å². The molecule has 0 aliphatic rings. The van der Waals surface area contributed by atoms with Gasteiger partial charge in [0.1, 0.15) is 11.0 Å². The molecule has 0 spiro atoms. The van der Waals surface area contributed by atoms with E-state index in [1.807, 2.05) is 44.2 Å². The number of tetrazole rings is 1. The van der Waals surface area contributed by atoms with E-state index < -0.39 is 5.56 Å². The molecule has 0 amide bonds. The van der Waals surface area contributed by atoms with Gasteiger partial charge >= 0.3 is 0 Å². The Morgan fingerprint density at radius 2 is 1.78 bits per heavy atom. The second kappa shape index (κ2) is 7.89. The number of hydrogen-bond donors (Lipinski definition) is 2. The molecule has 0 atom stereocenters. The summed E-state index contributed by atoms with van der Waals surface area (Å²) >= 11 is 1.36. The lowest BCUT2D eigenvalue weighted by Crippen LogP contribution is -2.20. The lowest BCUT2D eigenvalue weighted by atomic mass is 10.3. The number of thioether (sulfide) groups is 1. The Bertz CT molecular complexity index is 1530. The third kappa shape index (κ3) is 3.60. The average Bonchev–Trinajstić information content (AvgIpc) is 3.37. The minimum absolute atomic E-state index is 0.0237. The van der Waals surface area contributed by atoms with Crippen molar-refractivity contribution in [1.82, 2.24) is 44.9 Å². The van der Waals surface area contributed by atoms with E-state index in [4.69, 9.17) is 0 Å². The van der Waals surface area contributed by atoms with Gasteiger partial charge in [0.05, 0.1) is 5.69 Å². The highest BCUT2D eigenvalue weighted by Crippen LogP contribution is 2.21. The number of aromatic amines is 2. The number of pyridine rings is 1. The van der Waals surface area contributed by atoms with Gasteiger partial charge in [0.15, 0.2) is 5.43 Å². The van der Waals surface area contributed by atoms with Gasteiger partial charge in [-0.2, -0.15) is 9.36 Å². The van der Waals surface area contributed by atoms with Crippen molar-refractivity contribution < 1.29 is 0 Å². The molecule has 1 aromatic carbocycles. The van der Waals surface area contributed by atoms with E-state index >= 15 is 0 Å². The molecule has 0 aliphatic heterocycles. The number of aromatic nitrogens is 9. The van der Waals surface area contributed by atoms with Crippen molar-refractivity contribution in [2.24, 2.45) is 0 Å². The molecule has 0 radical (unpaired) electrons. The summed E-state index contributed by atoms with van der Waals surface area (Å²) in [4.78, 5) is 37.2. The minimum atomic E-state index is -0.501. The molecule has 4 aromatic heterocycles. The van der Waals surface area contributed by atoms with Crippen molar-refractivity contribution >= 4 is 22.8 Å². The molecule has 12 heteroatoms. The van der Waals surface area contributed by atoms with Crippen LogP contribution in [0.2, 0.25) is 0 Å². The molecular formula is C20H17N9O2S. The van der Waals surface area contributed by atoms with Gasteiger partial charge in [0, 0.05) is 28.9 Å². The zero-order valence-electron chi connectivity index (χ0n) is 17.1. The standard InChI is InChI=1S/C20H17N9O2S/c1-11-8-12(2)22-19(21-11)29-18(31)16-15(30)9-13(23-17(16)25-29)10-32-20-24-26-27-28(20)14-6-4-3-5-7-14/h3-9H,10H2,1-2H3,(H2,23,25,30). The second-order valence-electron chi connectivity index (χ2n) is 7.11. The molecule has 0 fully saturated rings. The Morgan fingerprint density at radius 1 is 1.03 bits per heavy atom. The molecule has 5 rings (SSSR count). The third-order valence-electron chi connectivity index (χ3n) is 4.70. The van der Waals surface area contributed by atoms with Gasteiger partial charge in [-0.3, -0.25) is 14.7 Å². The Kier molecular flexibility index (Phi) is 4.90. The van der Waals surface area contributed by atoms with Gasteiger partial charge in [-0.25, -0.2) is 9.97 Å². The highest BCUT2D eigenvalue weighted by atomic mass is 32.2. The summed E-state index contributed by atoms with van der Waals surface area (Å²) in [5, 5.41) is 15.3. The SMILES string of the molecule is Cc1cc(C)nc(-n2[nH]c3[nH]c(CSc4nnnn4-c4ccccc4)cc(=O)c3c2=O)n1. The molecular weight excluding hydrogens is 430 g/mol. The Labute approximate surface area is 184 Å². The summed E-state index contributed by atoms with van der Waals surface area (Å²) in [6.07, 6.45) is 0. The van der Waals surface area contributed by atoms with E-state index in [9.17, 15) is 9.59 Å². The summed E-state index contributed by atoms with van der Waals surface area (Å²) < 4.78 is 2.80. The smallest absolute Gasteiger partial charge is 0.287 e. The van der Waals surface area contributed by atoms with E-state index in [0.29, 0.717) is 22.3 Å². The average molecular weight is 447 g/mol. The van der Waals surface area contributed by atoms with Crippen LogP contribution in [0.5, 0.6) is 0 Å². The summed E-state index contributed by atoms with van der Waals surface area (Å²) in [7, 11) is 0. The van der Waals surface area contributed by atoms with Crippen LogP contribution in [-0.2, 0) is 5.75 Å². The summed E-state index contributed by atoms with van der Waals surface area (Å²) in [5.41, 5.74) is 2.31. The maximum absolute atomic E-state index is 12.8. The Morgan fingerprint density at radius 3 is 2.53 bits per heavy atom. The Balaban J connectivity index is 1.48. The van der Waals surface area contributed by atoms with Crippen LogP contribution >= 0.6 is 11.8 Å². The van der Waals surface area contributed by atoms with Crippen molar-refractivity contribution in [3.8, 4) is 11.6 Å². The molecule has 11 nitrogen and oxygen atoms in total. The first-order chi connectivity index (χ1) is 15.5. The largest absolute Gasteiger partial charge is 0.343 e. The first-order valence-electron chi connectivity index (χ1n) is 9.66. The molecule has 5 aromatic rings. The van der Waals surface area contributed by atoms with E-state index in [-0.39, 0.29) is 16.8 Å². The number of nitrogens with one attached hydrogen (secondary N) is 2. The van der Waals surface area contributed by atoms with Gasteiger partial charge in [0.2, 0.25) is 5.16 Å². The zero-order chi connectivity index (χ0) is 22.2. The van der Waals surface area contributed by atoms with E-state index in [1.165, 1.54) is 22.5 Å². The number of para-hydroxylation sites is 1. The van der Waals surface area contributed by atoms with E-state index in [2.05, 4.69) is 35.6 Å². The molecule has 0 saturated carbocycles. The van der Waals surface area contributed by atoms with Gasteiger partial charge in [0.25, 0.3) is 11.5 Å². The summed E-state index contributed by atoms with van der Waals surface area (Å²) in [6, 6.07) is 12.7. The Hall–Kier alpha value is -4.06. The van der Waals surface area contributed by atoms with Gasteiger partial charge in [-0.1, -0.05) is 30.0 Å². The second-order valence-corrected chi connectivity index (χ2v) is 8.05. The molecule has 2 N–H and O–H groups in total. The van der Waals surface area contributed by atoms with Crippen LogP contribution in [0.25, 0.3) is 22.7 Å². The van der Waals surface area contributed by atoms with Crippen LogP contribution in [0.1, 0.15) is 17.1 Å². The predicted molar refractivity (Wildman–Crippen MR) is 118 cm³/mol. The van der Waals surface area contributed by atoms with Crippen molar-refractivity contribution in [1.29, 1.82) is 0 Å². The maximum atomic E-state index is 12.8. The molecule has 0 bridgehead atoms. The number of rotatable bonds is 5. The molecule has 4 heterocycles. The number of H-pyrrole nitrogens is 2. The monoisotopic (exact) mass is 447 g/mol. The molecule has 0 aliphatic carbocycles. The highest BCUT2D eigenvalue weighted by molar-refractivity contribution is 7.98. The summed E-state index contributed by atoms with van der Waals surface area (Å²) in [5.74, 6) is 0.584. The van der Waals surface area contributed by atoms with Gasteiger partial charge in [-0.15, -0.1) is 5.10 Å². The van der Waals surface area contributed by atoms with Crippen LogP contribution in [0.3, 0.4) is 0 Å². The van der Waals surface area contributed by atoms with Crippen LogP contribution in [0.4, 0.5) is 0 Å². The molecule has 32 heavy (non-hydrogen) atoms. The first-order valence-corrected chi connectivity index (χ1v) is 10.6. The predicted octanol–water partition coefficient (Wildman–Crippen LogP) is 1.68. The summed E-state index contributed by atoms with van der Waals surface area (Å²) in [6.45, 7) is 3.63. The number of benzene rings is 1. The van der Waals surface area contributed by atoms with Crippen LogP contribution in [-0.4, -0.2) is 44.9 Å². The van der Waals surface area contributed by atoms with Gasteiger partial charge in [-0.05, 0) is 42.5 Å². The topological polar surface area (TPSA) is 140 Å². The van der Waals surface area contributed by atoms with Crippen LogP contribution < -0.4 is 11.0 Å². The number of fused-ring (bicyclic) bond motifs is 1. The number of nitrogens with zero attached hydrogens (tertiary/aromatic N) is 7. The fraction of sp³-hybridized carbons (Fsp3) is 0.150. The fourth-order valence-corrected chi connectivity index (χ4v) is 4.15. The van der Waals surface area contributed by atoms with Crippen molar-refractivity contribution in [3.05, 3.63) is 80.1 Å².